The van der Waals surface area contributed by atoms with E-state index >= 15 is 0 Å². The molecule has 1 amide bonds. The zero-order valence-corrected chi connectivity index (χ0v) is 14.6. The van der Waals surface area contributed by atoms with Crippen LogP contribution in [0.15, 0.2) is 59.5 Å². The molecule has 0 atom stereocenters. The average Bonchev–Trinajstić information content (AvgIpc) is 2.58. The molecule has 0 bridgehead atoms. The first-order valence-electron chi connectivity index (χ1n) is 7.54. The van der Waals surface area contributed by atoms with E-state index in [1.54, 1.807) is 24.1 Å². The Morgan fingerprint density at radius 3 is 2.42 bits per heavy atom. The smallest absolute Gasteiger partial charge is 0.254 e. The first kappa shape index (κ1) is 18.2. The molecule has 0 fully saturated rings. The molecule has 128 valence electrons. The van der Waals surface area contributed by atoms with Crippen molar-refractivity contribution in [1.29, 1.82) is 0 Å². The van der Waals surface area contributed by atoms with Gasteiger partial charge in [-0.15, -0.1) is 0 Å². The maximum Gasteiger partial charge on any atom is 0.254 e. The molecule has 0 unspecified atom stereocenters. The van der Waals surface area contributed by atoms with Gasteiger partial charge in [0.05, 0.1) is 11.5 Å². The molecule has 5 nitrogen and oxygen atoms in total. The number of carbonyl (C=O) groups is 1. The van der Waals surface area contributed by atoms with Crippen LogP contribution in [0.2, 0.25) is 0 Å². The van der Waals surface area contributed by atoms with E-state index in [0.29, 0.717) is 25.3 Å². The van der Waals surface area contributed by atoms with Crippen molar-refractivity contribution in [2.45, 2.75) is 11.4 Å². The monoisotopic (exact) mass is 347 g/mol. The molecular weight excluding hydrogens is 326 g/mol. The molecule has 0 spiro atoms. The number of methoxy groups -OCH3 is 1. The van der Waals surface area contributed by atoms with Gasteiger partial charge in [-0.1, -0.05) is 36.4 Å². The fourth-order valence-electron chi connectivity index (χ4n) is 2.30. The molecule has 2 rings (SSSR count). The van der Waals surface area contributed by atoms with Gasteiger partial charge in [0.25, 0.3) is 5.91 Å². The molecule has 2 aromatic rings. The van der Waals surface area contributed by atoms with Crippen molar-refractivity contribution in [3.63, 3.8) is 0 Å². The number of amides is 1. The van der Waals surface area contributed by atoms with Crippen LogP contribution in [0.4, 0.5) is 0 Å². The van der Waals surface area contributed by atoms with E-state index in [-0.39, 0.29) is 10.8 Å². The van der Waals surface area contributed by atoms with E-state index in [1.807, 2.05) is 30.3 Å². The lowest BCUT2D eigenvalue weighted by atomic mass is 10.1. The summed E-state index contributed by atoms with van der Waals surface area (Å²) in [7, 11) is -1.78. The highest BCUT2D eigenvalue weighted by atomic mass is 32.2. The quantitative estimate of drug-likeness (QED) is 0.771. The molecule has 0 saturated carbocycles. The van der Waals surface area contributed by atoms with Gasteiger partial charge >= 0.3 is 0 Å². The van der Waals surface area contributed by atoms with Gasteiger partial charge in [-0.05, 0) is 23.8 Å². The van der Waals surface area contributed by atoms with Gasteiger partial charge < -0.3 is 9.64 Å². The summed E-state index contributed by atoms with van der Waals surface area (Å²) < 4.78 is 28.5. The molecule has 0 N–H and O–H groups in total. The fraction of sp³-hybridized carbons (Fsp3) is 0.278. The lowest BCUT2D eigenvalue weighted by Gasteiger charge is -2.23. The largest absolute Gasteiger partial charge is 0.383 e. The minimum Gasteiger partial charge on any atom is -0.383 e. The summed E-state index contributed by atoms with van der Waals surface area (Å²) in [6.45, 7) is 1.27. The Kier molecular flexibility index (Phi) is 6.11. The first-order chi connectivity index (χ1) is 11.4. The van der Waals surface area contributed by atoms with Gasteiger partial charge in [-0.25, -0.2) is 8.42 Å². The molecule has 2 aromatic carbocycles. The number of hydrogen-bond donors (Lipinski definition) is 0. The van der Waals surface area contributed by atoms with Gasteiger partial charge in [0.15, 0.2) is 9.84 Å². The lowest BCUT2D eigenvalue weighted by Crippen LogP contribution is -2.33. The van der Waals surface area contributed by atoms with Crippen LogP contribution in [-0.2, 0) is 21.1 Å². The molecule has 0 aliphatic rings. The Morgan fingerprint density at radius 1 is 1.08 bits per heavy atom. The third-order valence-electron chi connectivity index (χ3n) is 3.58. The molecule has 0 radical (unpaired) electrons. The first-order valence-corrected chi connectivity index (χ1v) is 9.43. The van der Waals surface area contributed by atoms with Crippen LogP contribution < -0.4 is 0 Å². The summed E-state index contributed by atoms with van der Waals surface area (Å²) in [5.41, 5.74) is 1.35. The van der Waals surface area contributed by atoms with Crippen LogP contribution in [0.3, 0.4) is 0 Å². The number of carbonyl (C=O) groups excluding carboxylic acids is 1. The Morgan fingerprint density at radius 2 is 1.79 bits per heavy atom. The molecule has 0 aromatic heterocycles. The van der Waals surface area contributed by atoms with Crippen molar-refractivity contribution in [3.8, 4) is 0 Å². The highest BCUT2D eigenvalue weighted by Gasteiger charge is 2.18. The summed E-state index contributed by atoms with van der Waals surface area (Å²) in [5, 5.41) is 0. The maximum atomic E-state index is 12.8. The Balaban J connectivity index is 2.27. The summed E-state index contributed by atoms with van der Waals surface area (Å²) >= 11 is 0. The lowest BCUT2D eigenvalue weighted by molar-refractivity contribution is 0.0680. The number of hydrogen-bond acceptors (Lipinski definition) is 4. The van der Waals surface area contributed by atoms with Crippen molar-refractivity contribution in [1.82, 2.24) is 4.90 Å². The SMILES string of the molecule is COCCN(Cc1ccccc1)C(=O)c1cccc(S(C)(=O)=O)c1. The Labute approximate surface area is 142 Å². The summed E-state index contributed by atoms with van der Waals surface area (Å²) in [5.74, 6) is -0.221. The Hall–Kier alpha value is -2.18. The maximum absolute atomic E-state index is 12.8. The van der Waals surface area contributed by atoms with E-state index in [1.165, 1.54) is 12.1 Å². The number of benzene rings is 2. The molecule has 0 heterocycles. The standard InChI is InChI=1S/C18H21NO4S/c1-23-12-11-19(14-15-7-4-3-5-8-15)18(20)16-9-6-10-17(13-16)24(2,21)22/h3-10,13H,11-12,14H2,1-2H3. The number of rotatable bonds is 7. The van der Waals surface area contributed by atoms with Crippen LogP contribution in [0, 0.1) is 0 Å². The minimum atomic E-state index is -3.36. The second kappa shape index (κ2) is 8.08. The number of ether oxygens (including phenoxy) is 1. The third kappa shape index (κ3) is 4.91. The second-order valence-corrected chi connectivity index (χ2v) is 7.52. The van der Waals surface area contributed by atoms with Crippen LogP contribution >= 0.6 is 0 Å². The van der Waals surface area contributed by atoms with Crippen molar-refractivity contribution in [3.05, 3.63) is 65.7 Å². The van der Waals surface area contributed by atoms with Gasteiger partial charge in [-0.2, -0.15) is 0 Å². The summed E-state index contributed by atoms with van der Waals surface area (Å²) in [6, 6.07) is 15.8. The minimum absolute atomic E-state index is 0.139. The van der Waals surface area contributed by atoms with Gasteiger partial charge in [-0.3, -0.25) is 4.79 Å². The fourth-order valence-corrected chi connectivity index (χ4v) is 2.97. The number of sulfone groups is 1. The van der Waals surface area contributed by atoms with E-state index in [2.05, 4.69) is 0 Å². The molecular formula is C18H21NO4S. The van der Waals surface area contributed by atoms with Crippen molar-refractivity contribution < 1.29 is 17.9 Å². The van der Waals surface area contributed by atoms with Crippen LogP contribution in [0.25, 0.3) is 0 Å². The molecule has 0 saturated heterocycles. The highest BCUT2D eigenvalue weighted by molar-refractivity contribution is 7.90. The summed E-state index contributed by atoms with van der Waals surface area (Å²) in [4.78, 5) is 14.6. The van der Waals surface area contributed by atoms with Gasteiger partial charge in [0, 0.05) is 32.0 Å². The molecule has 6 heteroatoms. The highest BCUT2D eigenvalue weighted by Crippen LogP contribution is 2.15. The van der Waals surface area contributed by atoms with Gasteiger partial charge in [0.1, 0.15) is 0 Å². The predicted molar refractivity (Wildman–Crippen MR) is 92.6 cm³/mol. The molecule has 0 aliphatic heterocycles. The van der Waals surface area contributed by atoms with E-state index in [4.69, 9.17) is 4.74 Å². The predicted octanol–water partition coefficient (Wildman–Crippen LogP) is 2.38. The molecule has 24 heavy (non-hydrogen) atoms. The van der Waals surface area contributed by atoms with Crippen molar-refractivity contribution >= 4 is 15.7 Å². The normalized spacial score (nSPS) is 11.2. The van der Waals surface area contributed by atoms with Crippen molar-refractivity contribution in [2.75, 3.05) is 26.5 Å². The zero-order valence-electron chi connectivity index (χ0n) is 13.8. The van der Waals surface area contributed by atoms with E-state index in [0.717, 1.165) is 11.8 Å². The topological polar surface area (TPSA) is 63.7 Å². The third-order valence-corrected chi connectivity index (χ3v) is 4.69. The summed E-state index contributed by atoms with van der Waals surface area (Å²) in [6.07, 6.45) is 1.13. The zero-order chi connectivity index (χ0) is 17.6. The molecule has 0 aliphatic carbocycles. The number of nitrogens with zero attached hydrogens (tertiary/aromatic N) is 1. The second-order valence-electron chi connectivity index (χ2n) is 5.51. The van der Waals surface area contributed by atoms with Crippen LogP contribution in [0.1, 0.15) is 15.9 Å². The Bertz CT molecular complexity index is 788. The average molecular weight is 347 g/mol. The van der Waals surface area contributed by atoms with E-state index < -0.39 is 9.84 Å². The van der Waals surface area contributed by atoms with Gasteiger partial charge in [0.2, 0.25) is 0 Å². The van der Waals surface area contributed by atoms with Crippen molar-refractivity contribution in [2.24, 2.45) is 0 Å². The van der Waals surface area contributed by atoms with Crippen LogP contribution in [-0.4, -0.2) is 45.7 Å². The van der Waals surface area contributed by atoms with E-state index in [9.17, 15) is 13.2 Å². The van der Waals surface area contributed by atoms with Crippen LogP contribution in [0.5, 0.6) is 0 Å².